The average Bonchev–Trinajstić information content (AvgIpc) is 3.72. The van der Waals surface area contributed by atoms with Crippen LogP contribution in [0, 0.1) is 0 Å². The second-order valence-electron chi connectivity index (χ2n) is 10.0. The molecule has 1 aromatic carbocycles. The van der Waals surface area contributed by atoms with Crippen molar-refractivity contribution in [2.45, 2.75) is 49.1 Å². The zero-order chi connectivity index (χ0) is 30.1. The molecule has 3 fully saturated rings. The number of nitrogens with two attached hydrogens (primary N) is 1. The standard InChI is InChI=1S/C22H25N7O10P2S2/c23-19-14-20(25-7-24-19)29(9-27-14)22-18-15(30)12(36-22)5-34-40(32,42)38-17-13(6-35-41(33,43)39-18)37-21(16(17)31)28-8-26-10-3-1-2-4-11(10)28/h1-4,7-9,12-13,15-18,21-22,30-31H,5-6H2,(H,32,42)(H,33,43)(H2,23,24,25)/t12-,13-,15?,16?,17+,18+,21-,22-,40?,41?/m1/s1. The molecule has 10 atom stereocenters. The number of fused-ring (bicyclic) bond motifs is 5. The van der Waals surface area contributed by atoms with Crippen molar-refractivity contribution in [2.75, 3.05) is 18.9 Å². The Labute approximate surface area is 252 Å². The monoisotopic (exact) mass is 673 g/mol. The van der Waals surface area contributed by atoms with Crippen molar-refractivity contribution in [3.63, 3.8) is 0 Å². The molecule has 43 heavy (non-hydrogen) atoms. The molecule has 0 amide bonds. The van der Waals surface area contributed by atoms with Gasteiger partial charge in [-0.15, -0.1) is 0 Å². The van der Waals surface area contributed by atoms with Gasteiger partial charge in [0.1, 0.15) is 48.5 Å². The number of imidazole rings is 2. The van der Waals surface area contributed by atoms with Gasteiger partial charge in [-0.05, 0) is 23.9 Å². The molecule has 2 bridgehead atoms. The van der Waals surface area contributed by atoms with E-state index in [1.165, 1.54) is 23.5 Å². The molecule has 230 valence electrons. The van der Waals surface area contributed by atoms with E-state index >= 15 is 0 Å². The molecule has 6 heterocycles. The van der Waals surface area contributed by atoms with Crippen LogP contribution in [0.3, 0.4) is 0 Å². The summed E-state index contributed by atoms with van der Waals surface area (Å²) < 4.78 is 51.2. The van der Waals surface area contributed by atoms with Crippen LogP contribution in [-0.4, -0.2) is 94.0 Å². The predicted octanol–water partition coefficient (Wildman–Crippen LogP) is 1.05. The summed E-state index contributed by atoms with van der Waals surface area (Å²) in [6, 6.07) is 7.21. The molecule has 0 spiro atoms. The van der Waals surface area contributed by atoms with E-state index < -0.39 is 75.8 Å². The van der Waals surface area contributed by atoms with Gasteiger partial charge in [-0.2, -0.15) is 0 Å². The number of benzene rings is 1. The number of nitrogen functional groups attached to an aromatic ring is 1. The molecule has 21 heteroatoms. The number of ether oxygens (including phenoxy) is 2. The van der Waals surface area contributed by atoms with Crippen molar-refractivity contribution >= 4 is 65.6 Å². The first kappa shape index (κ1) is 29.6. The molecular formula is C22H25N7O10P2S2. The Kier molecular flexibility index (Phi) is 7.62. The van der Waals surface area contributed by atoms with Crippen molar-refractivity contribution in [1.29, 1.82) is 0 Å². The summed E-state index contributed by atoms with van der Waals surface area (Å²) in [6.45, 7) is -9.29. The highest BCUT2D eigenvalue weighted by Crippen LogP contribution is 2.58. The third-order valence-electron chi connectivity index (χ3n) is 7.35. The molecule has 3 aliphatic heterocycles. The third kappa shape index (κ3) is 5.42. The topological polar surface area (TPSA) is 221 Å². The van der Waals surface area contributed by atoms with Crippen molar-refractivity contribution in [3.8, 4) is 0 Å². The second kappa shape index (κ2) is 11.1. The number of aromatic nitrogens is 6. The van der Waals surface area contributed by atoms with Crippen LogP contribution in [0.1, 0.15) is 12.5 Å². The summed E-state index contributed by atoms with van der Waals surface area (Å²) in [7, 11) is 0. The molecule has 3 aromatic heterocycles. The third-order valence-corrected chi connectivity index (χ3v) is 10.5. The van der Waals surface area contributed by atoms with Crippen molar-refractivity contribution in [2.24, 2.45) is 0 Å². The smallest absolute Gasteiger partial charge is 0.386 e. The van der Waals surface area contributed by atoms with Crippen LogP contribution < -0.4 is 5.73 Å². The van der Waals surface area contributed by atoms with E-state index in [2.05, 4.69) is 32.2 Å². The van der Waals surface area contributed by atoms with Crippen LogP contribution in [0.25, 0.3) is 22.2 Å². The van der Waals surface area contributed by atoms with Gasteiger partial charge >= 0.3 is 13.5 Å². The van der Waals surface area contributed by atoms with Gasteiger partial charge in [0.2, 0.25) is 0 Å². The van der Waals surface area contributed by atoms with Crippen molar-refractivity contribution < 1.29 is 47.2 Å². The van der Waals surface area contributed by atoms with Gasteiger partial charge in [-0.3, -0.25) is 18.1 Å². The van der Waals surface area contributed by atoms with Crippen LogP contribution >= 0.6 is 25.8 Å². The summed E-state index contributed by atoms with van der Waals surface area (Å²) in [5.74, 6) is 0.110. The van der Waals surface area contributed by atoms with E-state index in [1.807, 2.05) is 6.07 Å². The first-order valence-electron chi connectivity index (χ1n) is 12.8. The normalized spacial score (nSPS) is 38.9. The lowest BCUT2D eigenvalue weighted by molar-refractivity contribution is -0.0587. The first-order valence-corrected chi connectivity index (χ1v) is 18.1. The molecule has 5 N–H and O–H groups in total. The molecule has 0 aliphatic carbocycles. The number of aliphatic hydroxyl groups excluding tert-OH is 2. The number of thiol groups is 1. The second-order valence-corrected chi connectivity index (χ2v) is 15.7. The SMILES string of the molecule is Nc1ncnc2c1ncn2[C@@H]1O[C@@H]2COP(O)(=S)O[C@@H]3C(O)[C@H](n4cnc5ccccc54)O[C@@H]3COP(=O)(S)O[C@H]1C2O. The van der Waals surface area contributed by atoms with Gasteiger partial charge in [0.25, 0.3) is 0 Å². The van der Waals surface area contributed by atoms with Crippen LogP contribution in [0.4, 0.5) is 5.82 Å². The average molecular weight is 674 g/mol. The fourth-order valence-corrected chi connectivity index (χ4v) is 8.25. The van der Waals surface area contributed by atoms with Crippen molar-refractivity contribution in [1.82, 2.24) is 29.1 Å². The van der Waals surface area contributed by atoms with E-state index in [0.717, 1.165) is 0 Å². The van der Waals surface area contributed by atoms with Gasteiger partial charge in [0.05, 0.1) is 36.9 Å². The maximum atomic E-state index is 13.5. The van der Waals surface area contributed by atoms with Gasteiger partial charge in [0.15, 0.2) is 23.9 Å². The van der Waals surface area contributed by atoms with Crippen LogP contribution in [0.5, 0.6) is 0 Å². The molecular weight excluding hydrogens is 648 g/mol. The zero-order valence-electron chi connectivity index (χ0n) is 21.8. The quantitative estimate of drug-likeness (QED) is 0.148. The number of aliphatic hydroxyl groups is 2. The largest absolute Gasteiger partial charge is 0.387 e. The number of hydrogen-bond acceptors (Lipinski definition) is 15. The van der Waals surface area contributed by atoms with Crippen LogP contribution in [-0.2, 0) is 43.9 Å². The highest BCUT2D eigenvalue weighted by atomic mass is 32.7. The minimum atomic E-state index is -4.26. The lowest BCUT2D eigenvalue weighted by Gasteiger charge is -2.27. The van der Waals surface area contributed by atoms with Gasteiger partial charge < -0.3 is 39.4 Å². The molecule has 3 saturated heterocycles. The van der Waals surface area contributed by atoms with E-state index in [0.29, 0.717) is 11.0 Å². The number of rotatable bonds is 2. The lowest BCUT2D eigenvalue weighted by Crippen LogP contribution is -2.36. The molecule has 4 unspecified atom stereocenters. The van der Waals surface area contributed by atoms with E-state index in [1.54, 1.807) is 22.8 Å². The molecule has 7 rings (SSSR count). The Bertz CT molecular complexity index is 1780. The minimum Gasteiger partial charge on any atom is -0.387 e. The molecule has 17 nitrogen and oxygen atoms in total. The summed E-state index contributed by atoms with van der Waals surface area (Å²) in [5, 5.41) is 22.4. The Morgan fingerprint density at radius 3 is 2.51 bits per heavy atom. The van der Waals surface area contributed by atoms with Gasteiger partial charge in [-0.1, -0.05) is 24.4 Å². The zero-order valence-corrected chi connectivity index (χ0v) is 25.3. The van der Waals surface area contributed by atoms with E-state index in [9.17, 15) is 19.7 Å². The Balaban J connectivity index is 1.20. The van der Waals surface area contributed by atoms with Gasteiger partial charge in [0, 0.05) is 0 Å². The number of para-hydroxylation sites is 2. The molecule has 3 aliphatic rings. The van der Waals surface area contributed by atoms with Crippen molar-refractivity contribution in [3.05, 3.63) is 43.2 Å². The maximum absolute atomic E-state index is 13.5. The molecule has 0 saturated carbocycles. The number of nitrogens with zero attached hydrogens (tertiary/aromatic N) is 6. The van der Waals surface area contributed by atoms with Crippen LogP contribution in [0.15, 0.2) is 43.2 Å². The first-order chi connectivity index (χ1) is 20.5. The fourth-order valence-electron chi connectivity index (χ4n) is 5.35. The predicted molar refractivity (Wildman–Crippen MR) is 154 cm³/mol. The minimum absolute atomic E-state index is 0.110. The summed E-state index contributed by atoms with van der Waals surface area (Å²) in [4.78, 5) is 27.6. The Hall–Kier alpha value is -2.09. The van der Waals surface area contributed by atoms with Gasteiger partial charge in [-0.25, -0.2) is 24.5 Å². The van der Waals surface area contributed by atoms with E-state index in [-0.39, 0.29) is 17.0 Å². The number of hydrogen-bond donors (Lipinski definition) is 5. The summed E-state index contributed by atoms with van der Waals surface area (Å²) in [6.07, 6.45) is -5.91. The molecule has 4 aromatic rings. The highest BCUT2D eigenvalue weighted by molar-refractivity contribution is 8.44. The van der Waals surface area contributed by atoms with Crippen LogP contribution in [0.2, 0.25) is 0 Å². The van der Waals surface area contributed by atoms with E-state index in [4.69, 9.17) is 45.1 Å². The maximum Gasteiger partial charge on any atom is 0.386 e. The summed E-state index contributed by atoms with van der Waals surface area (Å²) >= 11 is 9.38. The Morgan fingerprint density at radius 2 is 1.67 bits per heavy atom. The lowest BCUT2D eigenvalue weighted by atomic mass is 10.1. The Morgan fingerprint density at radius 1 is 0.930 bits per heavy atom. The molecule has 0 radical (unpaired) electrons. The number of anilines is 1. The summed E-state index contributed by atoms with van der Waals surface area (Å²) in [5.41, 5.74) is 7.74. The fraction of sp³-hybridized carbons (Fsp3) is 0.455. The highest BCUT2D eigenvalue weighted by Gasteiger charge is 2.52.